The molecule has 8 heteroatoms. The van der Waals surface area contributed by atoms with E-state index in [-0.39, 0.29) is 17.2 Å². The third kappa shape index (κ3) is 6.59. The largest absolute Gasteiger partial charge is 0.467 e. The maximum absolute atomic E-state index is 14.1. The van der Waals surface area contributed by atoms with Crippen molar-refractivity contribution in [3.05, 3.63) is 58.4 Å². The molecule has 188 valence electrons. The molecule has 0 aromatic heterocycles. The molecular weight excluding hydrogens is 449 g/mol. The van der Waals surface area contributed by atoms with E-state index in [1.54, 1.807) is 0 Å². The van der Waals surface area contributed by atoms with Crippen molar-refractivity contribution in [3.63, 3.8) is 0 Å². The van der Waals surface area contributed by atoms with Crippen LogP contribution < -0.4 is 16.0 Å². The average molecular weight is 484 g/mol. The number of anilines is 2. The molecule has 0 unspecified atom stereocenters. The predicted octanol–water partition coefficient (Wildman–Crippen LogP) is 5.50. The molecule has 2 aromatic rings. The van der Waals surface area contributed by atoms with Crippen molar-refractivity contribution in [2.45, 2.75) is 65.3 Å². The summed E-state index contributed by atoms with van der Waals surface area (Å²) in [6.45, 7) is 5.87. The third-order valence-electron chi connectivity index (χ3n) is 6.58. The van der Waals surface area contributed by atoms with Gasteiger partial charge in [-0.25, -0.2) is 14.0 Å². The molecule has 35 heavy (non-hydrogen) atoms. The van der Waals surface area contributed by atoms with Crippen LogP contribution in [0.15, 0.2) is 30.3 Å². The highest BCUT2D eigenvalue weighted by molar-refractivity contribution is 6.07. The Morgan fingerprint density at radius 1 is 1.03 bits per heavy atom. The van der Waals surface area contributed by atoms with Gasteiger partial charge in [-0.2, -0.15) is 0 Å². The van der Waals surface area contributed by atoms with Crippen LogP contribution in [0.2, 0.25) is 0 Å². The fraction of sp³-hybridized carbons (Fsp3) is 0.444. The van der Waals surface area contributed by atoms with Crippen LogP contribution in [0.3, 0.4) is 0 Å². The van der Waals surface area contributed by atoms with Gasteiger partial charge in [0.1, 0.15) is 11.9 Å². The fourth-order valence-corrected chi connectivity index (χ4v) is 4.72. The number of methoxy groups -OCH3 is 1. The van der Waals surface area contributed by atoms with Gasteiger partial charge in [0.15, 0.2) is 0 Å². The van der Waals surface area contributed by atoms with E-state index in [2.05, 4.69) is 22.9 Å². The molecule has 3 amide bonds. The number of urea groups is 1. The number of rotatable bonds is 7. The van der Waals surface area contributed by atoms with Crippen LogP contribution in [-0.4, -0.2) is 31.1 Å². The second-order valence-electron chi connectivity index (χ2n) is 9.10. The third-order valence-corrected chi connectivity index (χ3v) is 6.58. The number of nitrogens with one attached hydrogen (secondary N) is 3. The van der Waals surface area contributed by atoms with Gasteiger partial charge in [-0.3, -0.25) is 4.79 Å². The minimum absolute atomic E-state index is 0.00717. The topological polar surface area (TPSA) is 96.5 Å². The Bertz CT molecular complexity index is 1070. The van der Waals surface area contributed by atoms with Crippen molar-refractivity contribution >= 4 is 29.3 Å². The van der Waals surface area contributed by atoms with E-state index in [4.69, 9.17) is 4.74 Å². The molecule has 1 aliphatic rings. The molecule has 1 saturated carbocycles. The Balaban J connectivity index is 1.80. The molecule has 7 nitrogen and oxygen atoms in total. The van der Waals surface area contributed by atoms with Crippen molar-refractivity contribution < 1.29 is 23.5 Å². The maximum Gasteiger partial charge on any atom is 0.328 e. The lowest BCUT2D eigenvalue weighted by molar-refractivity contribution is -0.144. The van der Waals surface area contributed by atoms with E-state index in [9.17, 15) is 18.8 Å². The molecular formula is C27H34FN3O4. The smallest absolute Gasteiger partial charge is 0.328 e. The van der Waals surface area contributed by atoms with E-state index in [0.29, 0.717) is 5.69 Å². The zero-order chi connectivity index (χ0) is 25.5. The minimum Gasteiger partial charge on any atom is -0.467 e. The van der Waals surface area contributed by atoms with Crippen molar-refractivity contribution in [1.29, 1.82) is 0 Å². The number of aryl methyl sites for hydroxylation is 3. The van der Waals surface area contributed by atoms with Gasteiger partial charge in [0, 0.05) is 5.69 Å². The van der Waals surface area contributed by atoms with Crippen LogP contribution in [0.25, 0.3) is 0 Å². The normalized spacial score (nSPS) is 14.7. The van der Waals surface area contributed by atoms with Gasteiger partial charge in [-0.05, 0) is 73.9 Å². The fourth-order valence-electron chi connectivity index (χ4n) is 4.72. The number of benzene rings is 2. The van der Waals surface area contributed by atoms with Crippen LogP contribution in [0.1, 0.15) is 66.1 Å². The maximum atomic E-state index is 14.1. The molecule has 0 spiro atoms. The Morgan fingerprint density at radius 2 is 1.69 bits per heavy atom. The van der Waals surface area contributed by atoms with Crippen molar-refractivity contribution in [2.75, 3.05) is 17.7 Å². The summed E-state index contributed by atoms with van der Waals surface area (Å²) >= 11 is 0. The average Bonchev–Trinajstić information content (AvgIpc) is 2.84. The summed E-state index contributed by atoms with van der Waals surface area (Å²) in [5, 5.41) is 8.16. The summed E-state index contributed by atoms with van der Waals surface area (Å²) in [6, 6.07) is 6.12. The lowest BCUT2D eigenvalue weighted by atomic mass is 9.83. The molecule has 1 fully saturated rings. The second kappa shape index (κ2) is 11.8. The molecule has 2 aromatic carbocycles. The van der Waals surface area contributed by atoms with Gasteiger partial charge in [0.05, 0.1) is 18.4 Å². The monoisotopic (exact) mass is 483 g/mol. The number of hydrogen-bond donors (Lipinski definition) is 3. The van der Waals surface area contributed by atoms with Gasteiger partial charge in [-0.1, -0.05) is 38.3 Å². The summed E-state index contributed by atoms with van der Waals surface area (Å²) in [4.78, 5) is 38.4. The van der Waals surface area contributed by atoms with E-state index in [0.717, 1.165) is 67.3 Å². The lowest BCUT2D eigenvalue weighted by Crippen LogP contribution is -2.47. The number of carbonyl (C=O) groups excluding carboxylic acids is 3. The van der Waals surface area contributed by atoms with E-state index in [1.807, 2.05) is 26.0 Å². The summed E-state index contributed by atoms with van der Waals surface area (Å²) in [7, 11) is 1.29. The molecule has 0 bridgehead atoms. The Morgan fingerprint density at radius 3 is 2.29 bits per heavy atom. The molecule has 0 aliphatic heterocycles. The highest BCUT2D eigenvalue weighted by Crippen LogP contribution is 2.28. The predicted molar refractivity (Wildman–Crippen MR) is 134 cm³/mol. The Hall–Kier alpha value is -3.42. The first-order valence-electron chi connectivity index (χ1n) is 12.1. The van der Waals surface area contributed by atoms with Crippen LogP contribution in [0.4, 0.5) is 20.6 Å². The summed E-state index contributed by atoms with van der Waals surface area (Å²) in [6.07, 6.45) is 5.56. The van der Waals surface area contributed by atoms with Gasteiger partial charge < -0.3 is 20.7 Å². The van der Waals surface area contributed by atoms with Crippen LogP contribution >= 0.6 is 0 Å². The Labute approximate surface area is 205 Å². The molecule has 3 rings (SSSR count). The summed E-state index contributed by atoms with van der Waals surface area (Å²) < 4.78 is 19.0. The van der Waals surface area contributed by atoms with E-state index < -0.39 is 29.8 Å². The molecule has 1 atom stereocenters. The number of ether oxygens (including phenoxy) is 1. The standard InChI is InChI=1S/C27H34FN3O4/c1-5-18-13-16(2)23(17(3)14-18)31-27(34)29-22-15-20(28)11-12-21(22)25(32)30-24(26(33)35-4)19-9-7-6-8-10-19/h11-15,19,24H,5-10H2,1-4H3,(H,30,32)(H2,29,31,34)/t24-/m0/s1. The highest BCUT2D eigenvalue weighted by atomic mass is 19.1. The van der Waals surface area contributed by atoms with E-state index in [1.165, 1.54) is 13.2 Å². The first-order valence-corrected chi connectivity index (χ1v) is 12.1. The van der Waals surface area contributed by atoms with E-state index >= 15 is 0 Å². The van der Waals surface area contributed by atoms with Crippen LogP contribution in [-0.2, 0) is 16.0 Å². The van der Waals surface area contributed by atoms with Gasteiger partial charge in [-0.15, -0.1) is 0 Å². The number of hydrogen-bond acceptors (Lipinski definition) is 4. The van der Waals surface area contributed by atoms with Crippen LogP contribution in [0, 0.1) is 25.6 Å². The van der Waals surface area contributed by atoms with Crippen molar-refractivity contribution in [2.24, 2.45) is 5.92 Å². The van der Waals surface area contributed by atoms with Crippen LogP contribution in [0.5, 0.6) is 0 Å². The zero-order valence-electron chi connectivity index (χ0n) is 20.8. The van der Waals surface area contributed by atoms with Crippen molar-refractivity contribution in [3.8, 4) is 0 Å². The second-order valence-corrected chi connectivity index (χ2v) is 9.10. The number of halogens is 1. The quantitative estimate of drug-likeness (QED) is 0.453. The number of esters is 1. The molecule has 0 saturated heterocycles. The SMILES string of the molecule is CCc1cc(C)c(NC(=O)Nc2cc(F)ccc2C(=O)N[C@H](C(=O)OC)C2CCCCC2)c(C)c1. The number of carbonyl (C=O) groups is 3. The minimum atomic E-state index is -0.804. The van der Waals surface area contributed by atoms with Gasteiger partial charge >= 0.3 is 12.0 Å². The van der Waals surface area contributed by atoms with Gasteiger partial charge in [0.2, 0.25) is 0 Å². The van der Waals surface area contributed by atoms with Gasteiger partial charge in [0.25, 0.3) is 5.91 Å². The lowest BCUT2D eigenvalue weighted by Gasteiger charge is -2.29. The Kier molecular flexibility index (Phi) is 8.84. The first kappa shape index (κ1) is 26.2. The molecule has 0 radical (unpaired) electrons. The van der Waals surface area contributed by atoms with Crippen molar-refractivity contribution in [1.82, 2.24) is 5.32 Å². The first-order chi connectivity index (χ1) is 16.7. The molecule has 1 aliphatic carbocycles. The zero-order valence-corrected chi connectivity index (χ0v) is 20.8. The molecule has 0 heterocycles. The summed E-state index contributed by atoms with van der Waals surface area (Å²) in [5.41, 5.74) is 3.69. The highest BCUT2D eigenvalue weighted by Gasteiger charge is 2.32. The summed E-state index contributed by atoms with van der Waals surface area (Å²) in [5.74, 6) is -1.73. The number of amides is 3. The molecule has 3 N–H and O–H groups in total.